The summed E-state index contributed by atoms with van der Waals surface area (Å²) in [5.41, 5.74) is 0.560. The summed E-state index contributed by atoms with van der Waals surface area (Å²) >= 11 is 0. The van der Waals surface area contributed by atoms with Crippen LogP contribution in [0.1, 0.15) is 22.0 Å². The molecule has 8 nitrogen and oxygen atoms in total. The van der Waals surface area contributed by atoms with Gasteiger partial charge in [-0.25, -0.2) is 15.0 Å². The van der Waals surface area contributed by atoms with Crippen molar-refractivity contribution in [2.45, 2.75) is 13.8 Å². The van der Waals surface area contributed by atoms with E-state index in [9.17, 15) is 4.79 Å². The fraction of sp³-hybridized carbons (Fsp3) is 0.263. The highest BCUT2D eigenvalue weighted by molar-refractivity contribution is 5.94. The minimum atomic E-state index is -0.149. The summed E-state index contributed by atoms with van der Waals surface area (Å²) in [5.74, 6) is 3.46. The summed E-state index contributed by atoms with van der Waals surface area (Å²) in [6.45, 7) is 4.75. The molecule has 0 saturated carbocycles. The lowest BCUT2D eigenvalue weighted by Gasteiger charge is -2.11. The van der Waals surface area contributed by atoms with Gasteiger partial charge < -0.3 is 15.4 Å². The average molecular weight is 366 g/mol. The zero-order chi connectivity index (χ0) is 19.2. The number of carbonyl (C=O) groups is 1. The van der Waals surface area contributed by atoms with Crippen molar-refractivity contribution >= 4 is 11.7 Å². The Bertz CT molecular complexity index is 937. The first-order valence-corrected chi connectivity index (χ1v) is 8.59. The lowest BCUT2D eigenvalue weighted by molar-refractivity contribution is 0.0955. The molecule has 2 heterocycles. The average Bonchev–Trinajstić information content (AvgIpc) is 3.10. The van der Waals surface area contributed by atoms with E-state index in [2.05, 4.69) is 25.6 Å². The van der Waals surface area contributed by atoms with Gasteiger partial charge >= 0.3 is 0 Å². The third-order valence-electron chi connectivity index (χ3n) is 3.95. The van der Waals surface area contributed by atoms with E-state index in [-0.39, 0.29) is 5.91 Å². The Morgan fingerprint density at radius 1 is 1.19 bits per heavy atom. The van der Waals surface area contributed by atoms with Crippen molar-refractivity contribution in [2.24, 2.45) is 0 Å². The van der Waals surface area contributed by atoms with Crippen LogP contribution in [0.4, 0.5) is 5.82 Å². The molecule has 0 atom stereocenters. The monoisotopic (exact) mass is 366 g/mol. The van der Waals surface area contributed by atoms with Gasteiger partial charge in [0, 0.05) is 37.1 Å². The molecule has 0 aliphatic rings. The standard InChI is InChI=1S/C19H22N6O2/c1-13-23-17(12-18(24-13)25-10-9-20-14(25)2)21-7-8-22-19(26)15-5-4-6-16(11-15)27-3/h4-6,9-12H,7-8H2,1-3H3,(H,22,26)(H,21,23,24). The highest BCUT2D eigenvalue weighted by Gasteiger charge is 2.08. The van der Waals surface area contributed by atoms with E-state index in [0.717, 1.165) is 11.6 Å². The van der Waals surface area contributed by atoms with Crippen molar-refractivity contribution in [3.8, 4) is 11.6 Å². The first-order valence-electron chi connectivity index (χ1n) is 8.59. The van der Waals surface area contributed by atoms with Crippen molar-refractivity contribution in [2.75, 3.05) is 25.5 Å². The third kappa shape index (κ3) is 4.60. The summed E-state index contributed by atoms with van der Waals surface area (Å²) in [7, 11) is 1.57. The second-order valence-corrected chi connectivity index (χ2v) is 5.92. The number of anilines is 1. The summed E-state index contributed by atoms with van der Waals surface area (Å²) in [5, 5.41) is 6.08. The van der Waals surface area contributed by atoms with Crippen LogP contribution in [0.25, 0.3) is 5.82 Å². The minimum Gasteiger partial charge on any atom is -0.497 e. The zero-order valence-electron chi connectivity index (χ0n) is 15.6. The molecule has 0 spiro atoms. The minimum absolute atomic E-state index is 0.149. The summed E-state index contributed by atoms with van der Waals surface area (Å²) in [6, 6.07) is 8.89. The number of amides is 1. The van der Waals surface area contributed by atoms with Crippen molar-refractivity contribution < 1.29 is 9.53 Å². The van der Waals surface area contributed by atoms with Crippen LogP contribution in [0.2, 0.25) is 0 Å². The molecule has 27 heavy (non-hydrogen) atoms. The second-order valence-electron chi connectivity index (χ2n) is 5.92. The molecule has 8 heteroatoms. The molecule has 0 fully saturated rings. The maximum Gasteiger partial charge on any atom is 0.251 e. The molecule has 1 amide bonds. The number of benzene rings is 1. The molecule has 140 valence electrons. The maximum absolute atomic E-state index is 12.2. The number of hydrogen-bond donors (Lipinski definition) is 2. The molecule has 0 aliphatic carbocycles. The topological polar surface area (TPSA) is 94.0 Å². The van der Waals surface area contributed by atoms with Crippen LogP contribution in [0, 0.1) is 13.8 Å². The molecule has 0 radical (unpaired) electrons. The van der Waals surface area contributed by atoms with Gasteiger partial charge in [0.2, 0.25) is 0 Å². The Morgan fingerprint density at radius 2 is 2.04 bits per heavy atom. The number of hydrogen-bond acceptors (Lipinski definition) is 6. The smallest absolute Gasteiger partial charge is 0.251 e. The lowest BCUT2D eigenvalue weighted by Crippen LogP contribution is -2.29. The molecule has 0 unspecified atom stereocenters. The van der Waals surface area contributed by atoms with Gasteiger partial charge in [-0.1, -0.05) is 6.07 Å². The quantitative estimate of drug-likeness (QED) is 0.622. The molecule has 0 bridgehead atoms. The van der Waals surface area contributed by atoms with Crippen LogP contribution in [0.3, 0.4) is 0 Å². The second kappa shape index (κ2) is 8.31. The van der Waals surface area contributed by atoms with Crippen LogP contribution in [-0.4, -0.2) is 45.6 Å². The maximum atomic E-state index is 12.2. The van der Waals surface area contributed by atoms with Gasteiger partial charge in [-0.15, -0.1) is 0 Å². The Balaban J connectivity index is 1.57. The molecular formula is C19H22N6O2. The number of aromatic nitrogens is 4. The summed E-state index contributed by atoms with van der Waals surface area (Å²) in [6.07, 6.45) is 3.59. The summed E-state index contributed by atoms with van der Waals surface area (Å²) in [4.78, 5) is 25.2. The first-order chi connectivity index (χ1) is 13.1. The van der Waals surface area contributed by atoms with Crippen LogP contribution in [-0.2, 0) is 0 Å². The Hall–Kier alpha value is -3.42. The normalized spacial score (nSPS) is 10.5. The van der Waals surface area contributed by atoms with E-state index in [1.54, 1.807) is 37.6 Å². The SMILES string of the molecule is COc1cccc(C(=O)NCCNc2cc(-n3ccnc3C)nc(C)n2)c1. The largest absolute Gasteiger partial charge is 0.497 e. The molecule has 3 rings (SSSR count). The van der Waals surface area contributed by atoms with Gasteiger partial charge in [-0.05, 0) is 32.0 Å². The predicted octanol–water partition coefficient (Wildman–Crippen LogP) is 2.13. The van der Waals surface area contributed by atoms with E-state index >= 15 is 0 Å². The van der Waals surface area contributed by atoms with Gasteiger partial charge in [0.15, 0.2) is 0 Å². The van der Waals surface area contributed by atoms with Crippen molar-refractivity contribution in [1.82, 2.24) is 24.8 Å². The number of nitrogens with zero attached hydrogens (tertiary/aromatic N) is 4. The predicted molar refractivity (Wildman–Crippen MR) is 102 cm³/mol. The molecule has 2 aromatic heterocycles. The van der Waals surface area contributed by atoms with E-state index < -0.39 is 0 Å². The molecule has 3 aromatic rings. The summed E-state index contributed by atoms with van der Waals surface area (Å²) < 4.78 is 7.03. The van der Waals surface area contributed by atoms with Crippen LogP contribution in [0.15, 0.2) is 42.7 Å². The van der Waals surface area contributed by atoms with Crippen molar-refractivity contribution in [3.63, 3.8) is 0 Å². The van der Waals surface area contributed by atoms with Crippen LogP contribution in [0.5, 0.6) is 5.75 Å². The molecule has 2 N–H and O–H groups in total. The fourth-order valence-electron chi connectivity index (χ4n) is 2.62. The number of imidazole rings is 1. The van der Waals surface area contributed by atoms with Crippen molar-refractivity contribution in [3.05, 3.63) is 59.9 Å². The van der Waals surface area contributed by atoms with E-state index in [1.807, 2.05) is 30.7 Å². The van der Waals surface area contributed by atoms with Crippen molar-refractivity contribution in [1.29, 1.82) is 0 Å². The van der Waals surface area contributed by atoms with Crippen LogP contribution >= 0.6 is 0 Å². The van der Waals surface area contributed by atoms with Crippen LogP contribution < -0.4 is 15.4 Å². The number of carbonyl (C=O) groups excluding carboxylic acids is 1. The number of nitrogens with one attached hydrogen (secondary N) is 2. The molecule has 1 aromatic carbocycles. The highest BCUT2D eigenvalue weighted by Crippen LogP contribution is 2.13. The Kier molecular flexibility index (Phi) is 5.65. The van der Waals surface area contributed by atoms with Gasteiger partial charge in [-0.2, -0.15) is 0 Å². The zero-order valence-corrected chi connectivity index (χ0v) is 15.6. The lowest BCUT2D eigenvalue weighted by atomic mass is 10.2. The van der Waals surface area contributed by atoms with Gasteiger partial charge in [0.25, 0.3) is 5.91 Å². The van der Waals surface area contributed by atoms with E-state index in [1.165, 1.54) is 0 Å². The molecule has 0 saturated heterocycles. The molecule has 0 aliphatic heterocycles. The highest BCUT2D eigenvalue weighted by atomic mass is 16.5. The van der Waals surface area contributed by atoms with Gasteiger partial charge in [0.1, 0.15) is 29.0 Å². The fourth-order valence-corrected chi connectivity index (χ4v) is 2.62. The number of rotatable bonds is 7. The van der Waals surface area contributed by atoms with E-state index in [0.29, 0.717) is 36.0 Å². The van der Waals surface area contributed by atoms with E-state index in [4.69, 9.17) is 4.74 Å². The Labute approximate surface area is 157 Å². The first kappa shape index (κ1) is 18.4. The Morgan fingerprint density at radius 3 is 2.78 bits per heavy atom. The molecular weight excluding hydrogens is 344 g/mol. The van der Waals surface area contributed by atoms with Gasteiger partial charge in [0.05, 0.1) is 7.11 Å². The number of methoxy groups -OCH3 is 1. The number of aryl methyl sites for hydroxylation is 2. The van der Waals surface area contributed by atoms with Gasteiger partial charge in [-0.3, -0.25) is 9.36 Å². The number of ether oxygens (including phenoxy) is 1. The third-order valence-corrected chi connectivity index (χ3v) is 3.95.